The number of aromatic nitrogens is 2. The molecule has 4 aromatic rings. The highest BCUT2D eigenvalue weighted by Gasteiger charge is 2.27. The van der Waals surface area contributed by atoms with Crippen molar-refractivity contribution in [1.29, 1.82) is 0 Å². The minimum absolute atomic E-state index is 0.00590. The van der Waals surface area contributed by atoms with Gasteiger partial charge in [-0.1, -0.05) is 48.5 Å². The Morgan fingerprint density at radius 3 is 2.47 bits per heavy atom. The van der Waals surface area contributed by atoms with Crippen LogP contribution >= 0.6 is 11.3 Å². The lowest BCUT2D eigenvalue weighted by Gasteiger charge is -2.25. The number of nitrogens with one attached hydrogen (secondary N) is 1. The van der Waals surface area contributed by atoms with Crippen molar-refractivity contribution in [2.75, 3.05) is 18.4 Å². The third-order valence-corrected chi connectivity index (χ3v) is 6.76. The van der Waals surface area contributed by atoms with Gasteiger partial charge in [-0.2, -0.15) is 0 Å². The summed E-state index contributed by atoms with van der Waals surface area (Å²) in [7, 11) is 0. The molecule has 0 radical (unpaired) electrons. The van der Waals surface area contributed by atoms with Crippen LogP contribution in [-0.2, 0) is 16.1 Å². The summed E-state index contributed by atoms with van der Waals surface area (Å²) in [5, 5.41) is 5.93. The summed E-state index contributed by atoms with van der Waals surface area (Å²) < 4.78 is 1.72. The lowest BCUT2D eigenvalue weighted by atomic mass is 10.1. The van der Waals surface area contributed by atoms with E-state index in [4.69, 9.17) is 0 Å². The van der Waals surface area contributed by atoms with Crippen LogP contribution in [0.5, 0.6) is 0 Å². The molecule has 8 heteroatoms. The summed E-state index contributed by atoms with van der Waals surface area (Å²) in [6.45, 7) is 1.24. The predicted octanol–water partition coefficient (Wildman–Crippen LogP) is 4.60. The van der Waals surface area contributed by atoms with E-state index in [1.165, 1.54) is 11.3 Å². The number of carbonyl (C=O) groups excluding carboxylic acids is 3. The Kier molecular flexibility index (Phi) is 6.22. The van der Waals surface area contributed by atoms with Gasteiger partial charge in [0, 0.05) is 41.1 Å². The lowest BCUT2D eigenvalue weighted by Crippen LogP contribution is -2.40. The molecule has 172 valence electrons. The van der Waals surface area contributed by atoms with E-state index in [0.29, 0.717) is 29.2 Å². The van der Waals surface area contributed by atoms with Gasteiger partial charge in [-0.05, 0) is 25.3 Å². The normalized spacial score (nSPS) is 13.7. The zero-order valence-electron chi connectivity index (χ0n) is 18.6. The second-order valence-electron chi connectivity index (χ2n) is 8.32. The first-order valence-electron chi connectivity index (χ1n) is 11.3. The predicted molar refractivity (Wildman–Crippen MR) is 133 cm³/mol. The van der Waals surface area contributed by atoms with Crippen LogP contribution in [-0.4, -0.2) is 45.1 Å². The zero-order valence-corrected chi connectivity index (χ0v) is 19.4. The summed E-state index contributed by atoms with van der Waals surface area (Å²) in [5.41, 5.74) is 2.85. The molecule has 1 saturated heterocycles. The maximum atomic E-state index is 13.1. The summed E-state index contributed by atoms with van der Waals surface area (Å²) in [4.78, 5) is 44.8. The molecule has 2 amide bonds. The van der Waals surface area contributed by atoms with Crippen molar-refractivity contribution in [3.8, 4) is 11.3 Å². The Labute approximate surface area is 201 Å². The molecule has 1 fully saturated rings. The van der Waals surface area contributed by atoms with E-state index in [-0.39, 0.29) is 12.5 Å². The van der Waals surface area contributed by atoms with Crippen molar-refractivity contribution in [3.05, 3.63) is 71.7 Å². The third-order valence-electron chi connectivity index (χ3n) is 6.00. The molecule has 0 aliphatic carbocycles. The number of nitrogens with zero attached hydrogens (tertiary/aromatic N) is 3. The molecule has 34 heavy (non-hydrogen) atoms. The molecule has 5 rings (SSSR count). The molecule has 2 aromatic heterocycles. The number of Topliss-reactive ketones (excluding diaryl/α,β-unsaturated/α-hetero) is 1. The Morgan fingerprint density at radius 1 is 0.941 bits per heavy atom. The van der Waals surface area contributed by atoms with Crippen LogP contribution in [0.4, 0.5) is 5.13 Å². The van der Waals surface area contributed by atoms with Crippen LogP contribution in [0.25, 0.3) is 22.2 Å². The molecular weight excluding hydrogens is 448 g/mol. The number of anilines is 1. The smallest absolute Gasteiger partial charge is 0.295 e. The van der Waals surface area contributed by atoms with Crippen molar-refractivity contribution in [1.82, 2.24) is 14.5 Å². The quantitative estimate of drug-likeness (QED) is 0.328. The van der Waals surface area contributed by atoms with Gasteiger partial charge in [0.2, 0.25) is 5.91 Å². The molecule has 0 unspecified atom stereocenters. The Balaban J connectivity index is 1.34. The summed E-state index contributed by atoms with van der Waals surface area (Å²) in [5.74, 6) is -1.25. The molecule has 3 heterocycles. The standard InChI is InChI=1S/C26H24N4O3S/c31-23(28-26-27-21(17-34-26)18-9-3-1-4-10-18)16-30-15-20(19-11-5-6-12-22(19)30)24(32)25(33)29-13-7-2-8-14-29/h1,3-6,9-12,15,17H,2,7-8,13-14,16H2,(H,27,28,31). The fourth-order valence-corrected chi connectivity index (χ4v) is 5.04. The van der Waals surface area contributed by atoms with E-state index in [1.54, 1.807) is 15.7 Å². The second-order valence-corrected chi connectivity index (χ2v) is 9.18. The molecule has 0 spiro atoms. The maximum Gasteiger partial charge on any atom is 0.295 e. The van der Waals surface area contributed by atoms with Crippen LogP contribution in [0, 0.1) is 0 Å². The highest BCUT2D eigenvalue weighted by molar-refractivity contribution is 7.14. The molecule has 0 saturated carbocycles. The van der Waals surface area contributed by atoms with Crippen LogP contribution in [0.1, 0.15) is 29.6 Å². The number of fused-ring (bicyclic) bond motifs is 1. The Morgan fingerprint density at radius 2 is 1.68 bits per heavy atom. The van der Waals surface area contributed by atoms with Crippen LogP contribution in [0.2, 0.25) is 0 Å². The number of para-hydroxylation sites is 1. The van der Waals surface area contributed by atoms with Crippen molar-refractivity contribution >= 4 is 45.0 Å². The van der Waals surface area contributed by atoms with Crippen LogP contribution in [0.15, 0.2) is 66.2 Å². The van der Waals surface area contributed by atoms with Crippen molar-refractivity contribution in [3.63, 3.8) is 0 Å². The van der Waals surface area contributed by atoms with Gasteiger partial charge in [0.1, 0.15) is 6.54 Å². The van der Waals surface area contributed by atoms with Crippen molar-refractivity contribution in [2.45, 2.75) is 25.8 Å². The highest BCUT2D eigenvalue weighted by Crippen LogP contribution is 2.26. The maximum absolute atomic E-state index is 13.1. The van der Waals surface area contributed by atoms with E-state index >= 15 is 0 Å². The minimum atomic E-state index is -0.523. The van der Waals surface area contributed by atoms with Crippen molar-refractivity contribution in [2.24, 2.45) is 0 Å². The number of piperidine rings is 1. The summed E-state index contributed by atoms with van der Waals surface area (Å²) >= 11 is 1.36. The largest absolute Gasteiger partial charge is 0.337 e. The molecule has 0 atom stereocenters. The van der Waals surface area contributed by atoms with Gasteiger partial charge >= 0.3 is 0 Å². The van der Waals surface area contributed by atoms with Crippen molar-refractivity contribution < 1.29 is 14.4 Å². The monoisotopic (exact) mass is 472 g/mol. The number of hydrogen-bond donors (Lipinski definition) is 1. The highest BCUT2D eigenvalue weighted by atomic mass is 32.1. The summed E-state index contributed by atoms with van der Waals surface area (Å²) in [6, 6.07) is 17.1. The van der Waals surface area contributed by atoms with E-state index in [0.717, 1.165) is 36.0 Å². The number of carbonyl (C=O) groups is 3. The molecule has 1 N–H and O–H groups in total. The van der Waals surface area contributed by atoms with Gasteiger partial charge < -0.3 is 14.8 Å². The minimum Gasteiger partial charge on any atom is -0.337 e. The Bertz CT molecular complexity index is 1350. The van der Waals surface area contributed by atoms with E-state index in [9.17, 15) is 14.4 Å². The van der Waals surface area contributed by atoms with E-state index in [1.807, 2.05) is 60.0 Å². The topological polar surface area (TPSA) is 84.3 Å². The van der Waals surface area contributed by atoms with Gasteiger partial charge in [-0.15, -0.1) is 11.3 Å². The molecule has 7 nitrogen and oxygen atoms in total. The SMILES string of the molecule is O=C(Cn1cc(C(=O)C(=O)N2CCCCC2)c2ccccc21)Nc1nc(-c2ccccc2)cs1. The molecule has 2 aromatic carbocycles. The number of hydrogen-bond acceptors (Lipinski definition) is 5. The first kappa shape index (κ1) is 22.0. The van der Waals surface area contributed by atoms with Gasteiger partial charge in [0.05, 0.1) is 11.3 Å². The van der Waals surface area contributed by atoms with E-state index < -0.39 is 11.7 Å². The molecule has 0 bridgehead atoms. The number of likely N-dealkylation sites (tertiary alicyclic amines) is 1. The van der Waals surface area contributed by atoms with Crippen LogP contribution < -0.4 is 5.32 Å². The zero-order chi connectivity index (χ0) is 23.5. The van der Waals surface area contributed by atoms with Crippen LogP contribution in [0.3, 0.4) is 0 Å². The number of amides is 2. The fourth-order valence-electron chi connectivity index (χ4n) is 4.30. The molecule has 1 aliphatic rings. The average molecular weight is 473 g/mol. The van der Waals surface area contributed by atoms with Gasteiger partial charge in [0.25, 0.3) is 11.7 Å². The number of ketones is 1. The molecule has 1 aliphatic heterocycles. The van der Waals surface area contributed by atoms with Gasteiger partial charge in [-0.3, -0.25) is 14.4 Å². The lowest BCUT2D eigenvalue weighted by molar-refractivity contribution is -0.127. The molecular formula is C26H24N4O3S. The first-order valence-corrected chi connectivity index (χ1v) is 12.2. The van der Waals surface area contributed by atoms with Gasteiger partial charge in [0.15, 0.2) is 5.13 Å². The number of thiazole rings is 1. The second kappa shape index (κ2) is 9.61. The first-order chi connectivity index (χ1) is 16.6. The fraction of sp³-hybridized carbons (Fsp3) is 0.231. The average Bonchev–Trinajstić information content (AvgIpc) is 3.49. The number of rotatable bonds is 6. The van der Waals surface area contributed by atoms with Gasteiger partial charge in [-0.25, -0.2) is 4.98 Å². The van der Waals surface area contributed by atoms with E-state index in [2.05, 4.69) is 10.3 Å². The number of benzene rings is 2. The third kappa shape index (κ3) is 4.49. The Hall–Kier alpha value is -3.78. The summed E-state index contributed by atoms with van der Waals surface area (Å²) in [6.07, 6.45) is 4.54.